The summed E-state index contributed by atoms with van der Waals surface area (Å²) in [5.74, 6) is 1.62. The Bertz CT molecular complexity index is 938. The molecule has 0 aliphatic carbocycles. The third-order valence-corrected chi connectivity index (χ3v) is 4.29. The number of hydrogen-bond acceptors (Lipinski definition) is 5. The lowest BCUT2D eigenvalue weighted by molar-refractivity contribution is 0.0968. The molecule has 1 fully saturated rings. The van der Waals surface area contributed by atoms with Crippen molar-refractivity contribution in [1.29, 1.82) is 0 Å². The van der Waals surface area contributed by atoms with Gasteiger partial charge in [0.1, 0.15) is 11.6 Å². The SMILES string of the molecule is COc1ccc2nc3n(CC4CCCO4)c(=O)cc(N)n3c2c1. The summed E-state index contributed by atoms with van der Waals surface area (Å²) in [5, 5.41) is 0. The van der Waals surface area contributed by atoms with Crippen molar-refractivity contribution in [3.63, 3.8) is 0 Å². The minimum absolute atomic E-state index is 0.0504. The van der Waals surface area contributed by atoms with Crippen molar-refractivity contribution in [3.05, 3.63) is 34.6 Å². The van der Waals surface area contributed by atoms with Crippen LogP contribution < -0.4 is 16.0 Å². The molecular formula is C16H18N4O3. The molecule has 7 heteroatoms. The lowest BCUT2D eigenvalue weighted by atomic mass is 10.2. The summed E-state index contributed by atoms with van der Waals surface area (Å²) in [7, 11) is 1.61. The summed E-state index contributed by atoms with van der Waals surface area (Å²) in [5.41, 5.74) is 7.50. The van der Waals surface area contributed by atoms with Crippen LogP contribution in [0.1, 0.15) is 12.8 Å². The van der Waals surface area contributed by atoms with Gasteiger partial charge < -0.3 is 15.2 Å². The van der Waals surface area contributed by atoms with Crippen LogP contribution >= 0.6 is 0 Å². The molecular weight excluding hydrogens is 296 g/mol. The minimum atomic E-state index is -0.159. The topological polar surface area (TPSA) is 83.8 Å². The molecule has 2 aromatic heterocycles. The van der Waals surface area contributed by atoms with Crippen LogP contribution in [-0.4, -0.2) is 33.8 Å². The van der Waals surface area contributed by atoms with Crippen molar-refractivity contribution < 1.29 is 9.47 Å². The molecule has 1 unspecified atom stereocenters. The van der Waals surface area contributed by atoms with Crippen LogP contribution in [-0.2, 0) is 11.3 Å². The van der Waals surface area contributed by atoms with E-state index < -0.39 is 0 Å². The van der Waals surface area contributed by atoms with E-state index in [1.807, 2.05) is 18.2 Å². The zero-order valence-corrected chi connectivity index (χ0v) is 12.9. The van der Waals surface area contributed by atoms with Gasteiger partial charge in [0.05, 0.1) is 30.8 Å². The maximum atomic E-state index is 12.4. The van der Waals surface area contributed by atoms with E-state index in [1.165, 1.54) is 6.07 Å². The average molecular weight is 314 g/mol. The molecule has 1 aliphatic rings. The summed E-state index contributed by atoms with van der Waals surface area (Å²) in [6.07, 6.45) is 2.03. The highest BCUT2D eigenvalue weighted by atomic mass is 16.5. The highest BCUT2D eigenvalue weighted by Gasteiger charge is 2.20. The number of imidazole rings is 1. The first kappa shape index (κ1) is 14.1. The number of methoxy groups -OCH3 is 1. The largest absolute Gasteiger partial charge is 0.497 e. The lowest BCUT2D eigenvalue weighted by Crippen LogP contribution is -2.28. The standard InChI is InChI=1S/C16H18N4O3/c1-22-10-4-5-12-13(7-10)20-14(17)8-15(21)19(16(20)18-12)9-11-3-2-6-23-11/h4-5,7-8,11H,2-3,6,9,17H2,1H3. The lowest BCUT2D eigenvalue weighted by Gasteiger charge is -2.13. The molecule has 1 aliphatic heterocycles. The second-order valence-electron chi connectivity index (χ2n) is 5.75. The van der Waals surface area contributed by atoms with Crippen LogP contribution in [0.4, 0.5) is 5.82 Å². The Labute approximate surface area is 132 Å². The fourth-order valence-electron chi connectivity index (χ4n) is 3.14. The molecule has 0 amide bonds. The summed E-state index contributed by atoms with van der Waals surface area (Å²) < 4.78 is 14.3. The molecule has 3 aromatic rings. The van der Waals surface area contributed by atoms with Gasteiger partial charge in [0.2, 0.25) is 5.78 Å². The van der Waals surface area contributed by atoms with E-state index in [1.54, 1.807) is 16.1 Å². The Hall–Kier alpha value is -2.54. The van der Waals surface area contributed by atoms with E-state index in [-0.39, 0.29) is 11.7 Å². The molecule has 23 heavy (non-hydrogen) atoms. The number of ether oxygens (including phenoxy) is 2. The normalized spacial score (nSPS) is 18.0. The monoisotopic (exact) mass is 314 g/mol. The Morgan fingerprint density at radius 3 is 3.04 bits per heavy atom. The molecule has 4 rings (SSSR count). The summed E-state index contributed by atoms with van der Waals surface area (Å²) in [6.45, 7) is 1.24. The van der Waals surface area contributed by atoms with Gasteiger partial charge in [-0.1, -0.05) is 0 Å². The van der Waals surface area contributed by atoms with Crippen molar-refractivity contribution >= 4 is 22.6 Å². The van der Waals surface area contributed by atoms with Crippen LogP contribution in [0.25, 0.3) is 16.8 Å². The number of aromatic nitrogens is 3. The van der Waals surface area contributed by atoms with Crippen molar-refractivity contribution in [2.75, 3.05) is 19.5 Å². The average Bonchev–Trinajstić information content (AvgIpc) is 3.17. The van der Waals surface area contributed by atoms with Gasteiger partial charge in [0.15, 0.2) is 0 Å². The maximum Gasteiger partial charge on any atom is 0.257 e. The third kappa shape index (κ3) is 2.24. The zero-order chi connectivity index (χ0) is 16.0. The number of nitrogens with two attached hydrogens (primary N) is 1. The number of nitrogens with zero attached hydrogens (tertiary/aromatic N) is 3. The molecule has 0 bridgehead atoms. The van der Waals surface area contributed by atoms with Gasteiger partial charge in [-0.05, 0) is 25.0 Å². The molecule has 1 atom stereocenters. The van der Waals surface area contributed by atoms with Crippen molar-refractivity contribution in [3.8, 4) is 5.75 Å². The van der Waals surface area contributed by atoms with E-state index >= 15 is 0 Å². The predicted molar refractivity (Wildman–Crippen MR) is 86.9 cm³/mol. The van der Waals surface area contributed by atoms with E-state index in [2.05, 4.69) is 4.98 Å². The quantitative estimate of drug-likeness (QED) is 0.790. The molecule has 3 heterocycles. The molecule has 0 spiro atoms. The number of fused-ring (bicyclic) bond motifs is 3. The molecule has 0 radical (unpaired) electrons. The Balaban J connectivity index is 1.97. The smallest absolute Gasteiger partial charge is 0.257 e. The zero-order valence-electron chi connectivity index (χ0n) is 12.9. The van der Waals surface area contributed by atoms with Crippen molar-refractivity contribution in [2.24, 2.45) is 0 Å². The molecule has 1 aromatic carbocycles. The number of nitrogen functional groups attached to an aromatic ring is 1. The van der Waals surface area contributed by atoms with Gasteiger partial charge in [-0.3, -0.25) is 13.8 Å². The molecule has 7 nitrogen and oxygen atoms in total. The maximum absolute atomic E-state index is 12.4. The van der Waals surface area contributed by atoms with Crippen LogP contribution in [0.2, 0.25) is 0 Å². The van der Waals surface area contributed by atoms with Crippen LogP contribution in [0, 0.1) is 0 Å². The Morgan fingerprint density at radius 1 is 1.43 bits per heavy atom. The van der Waals surface area contributed by atoms with Gasteiger partial charge in [0, 0.05) is 18.7 Å². The Kier molecular flexibility index (Phi) is 3.23. The van der Waals surface area contributed by atoms with Gasteiger partial charge in [-0.25, -0.2) is 4.98 Å². The summed E-state index contributed by atoms with van der Waals surface area (Å²) in [6, 6.07) is 7.00. The molecule has 2 N–H and O–H groups in total. The van der Waals surface area contributed by atoms with Crippen molar-refractivity contribution in [1.82, 2.24) is 14.0 Å². The number of rotatable bonds is 3. The van der Waals surface area contributed by atoms with Crippen molar-refractivity contribution in [2.45, 2.75) is 25.5 Å². The Morgan fingerprint density at radius 2 is 2.30 bits per heavy atom. The van der Waals surface area contributed by atoms with Gasteiger partial charge in [-0.2, -0.15) is 0 Å². The van der Waals surface area contributed by atoms with Crippen LogP contribution in [0.5, 0.6) is 5.75 Å². The first-order chi connectivity index (χ1) is 11.2. The van der Waals surface area contributed by atoms with Gasteiger partial charge >= 0.3 is 0 Å². The number of benzene rings is 1. The van der Waals surface area contributed by atoms with Gasteiger partial charge in [-0.15, -0.1) is 0 Å². The molecule has 1 saturated heterocycles. The fraction of sp³-hybridized carbons (Fsp3) is 0.375. The summed E-state index contributed by atoms with van der Waals surface area (Å²) in [4.78, 5) is 17.0. The highest BCUT2D eigenvalue weighted by Crippen LogP contribution is 2.24. The van der Waals surface area contributed by atoms with E-state index in [4.69, 9.17) is 15.2 Å². The predicted octanol–water partition coefficient (Wildman–Crippen LogP) is 1.42. The minimum Gasteiger partial charge on any atom is -0.497 e. The van der Waals surface area contributed by atoms with E-state index in [0.29, 0.717) is 18.1 Å². The first-order valence-corrected chi connectivity index (χ1v) is 7.64. The number of hydrogen-bond donors (Lipinski definition) is 1. The first-order valence-electron chi connectivity index (χ1n) is 7.64. The molecule has 0 saturated carbocycles. The highest BCUT2D eigenvalue weighted by molar-refractivity contribution is 5.82. The van der Waals surface area contributed by atoms with Crippen LogP contribution in [0.15, 0.2) is 29.1 Å². The molecule has 120 valence electrons. The van der Waals surface area contributed by atoms with E-state index in [0.717, 1.165) is 36.2 Å². The van der Waals surface area contributed by atoms with Crippen LogP contribution in [0.3, 0.4) is 0 Å². The summed E-state index contributed by atoms with van der Waals surface area (Å²) >= 11 is 0. The van der Waals surface area contributed by atoms with Gasteiger partial charge in [0.25, 0.3) is 5.56 Å². The fourth-order valence-corrected chi connectivity index (χ4v) is 3.14. The number of anilines is 1. The second kappa shape index (κ2) is 5.27. The third-order valence-electron chi connectivity index (χ3n) is 4.29. The second-order valence-corrected chi connectivity index (χ2v) is 5.75. The van der Waals surface area contributed by atoms with E-state index in [9.17, 15) is 4.79 Å².